The number of rotatable bonds is 10. The summed E-state index contributed by atoms with van der Waals surface area (Å²) in [5, 5.41) is 2.93. The quantitative estimate of drug-likeness (QED) is 0.601. The molecule has 1 saturated heterocycles. The number of alkyl halides is 2. The molecular weight excluding hydrogens is 388 g/mol. The third-order valence-corrected chi connectivity index (χ3v) is 5.23. The molecule has 1 aliphatic heterocycles. The minimum atomic E-state index is -2.84. The molecule has 0 aromatic heterocycles. The number of ether oxygens (including phenoxy) is 1. The van der Waals surface area contributed by atoms with E-state index in [2.05, 4.69) is 44.1 Å². The molecule has 1 aliphatic rings. The molecule has 0 radical (unpaired) electrons. The van der Waals surface area contributed by atoms with E-state index in [-0.39, 0.29) is 18.1 Å². The number of unbranched alkanes of at least 4 members (excludes halogenated alkanes) is 1. The molecule has 0 saturated carbocycles. The summed E-state index contributed by atoms with van der Waals surface area (Å²) in [7, 11) is 0. The van der Waals surface area contributed by atoms with Gasteiger partial charge in [0.2, 0.25) is 5.91 Å². The number of hydrogen-bond acceptors (Lipinski definition) is 4. The summed E-state index contributed by atoms with van der Waals surface area (Å²) in [6.45, 7) is 3.06. The standard InChI is InChI=1S/C23H29F2N3O2/c24-23(25)30-21-10-8-19(9-11-21)18-22(29)26-12-4-5-13-27-14-16-28(17-15-27)20-6-2-1-3-7-20/h1-3,6-11,23H,4-5,12-18H2,(H,26,29). The van der Waals surface area contributed by atoms with E-state index in [1.54, 1.807) is 12.1 Å². The predicted octanol–water partition coefficient (Wildman–Crippen LogP) is 3.55. The Morgan fingerprint density at radius 2 is 1.67 bits per heavy atom. The molecule has 2 aromatic carbocycles. The summed E-state index contributed by atoms with van der Waals surface area (Å²) < 4.78 is 28.6. The number of benzene rings is 2. The molecule has 0 unspecified atom stereocenters. The maximum Gasteiger partial charge on any atom is 0.387 e. The normalized spacial score (nSPS) is 14.7. The van der Waals surface area contributed by atoms with Gasteiger partial charge in [0.15, 0.2) is 0 Å². The van der Waals surface area contributed by atoms with Crippen LogP contribution in [-0.4, -0.2) is 56.7 Å². The van der Waals surface area contributed by atoms with Crippen molar-refractivity contribution in [2.24, 2.45) is 0 Å². The zero-order chi connectivity index (χ0) is 21.2. The highest BCUT2D eigenvalue weighted by Crippen LogP contribution is 2.16. The lowest BCUT2D eigenvalue weighted by Gasteiger charge is -2.36. The highest BCUT2D eigenvalue weighted by molar-refractivity contribution is 5.78. The Kier molecular flexibility index (Phi) is 8.44. The molecule has 162 valence electrons. The third kappa shape index (κ3) is 7.30. The number of anilines is 1. The molecule has 1 heterocycles. The van der Waals surface area contributed by atoms with E-state index in [1.807, 2.05) is 6.07 Å². The van der Waals surface area contributed by atoms with Crippen molar-refractivity contribution < 1.29 is 18.3 Å². The maximum absolute atomic E-state index is 12.1. The second-order valence-corrected chi connectivity index (χ2v) is 7.42. The van der Waals surface area contributed by atoms with Crippen LogP contribution >= 0.6 is 0 Å². The summed E-state index contributed by atoms with van der Waals surface area (Å²) >= 11 is 0. The largest absolute Gasteiger partial charge is 0.435 e. The van der Waals surface area contributed by atoms with Crippen LogP contribution in [-0.2, 0) is 11.2 Å². The van der Waals surface area contributed by atoms with Gasteiger partial charge in [-0.3, -0.25) is 9.69 Å². The van der Waals surface area contributed by atoms with Crippen molar-refractivity contribution >= 4 is 11.6 Å². The summed E-state index contributed by atoms with van der Waals surface area (Å²) in [5.74, 6) is 0.0350. The average Bonchev–Trinajstić information content (AvgIpc) is 2.75. The number of carbonyl (C=O) groups is 1. The fraction of sp³-hybridized carbons (Fsp3) is 0.435. The van der Waals surface area contributed by atoms with Crippen LogP contribution in [0.5, 0.6) is 5.75 Å². The van der Waals surface area contributed by atoms with Crippen molar-refractivity contribution in [2.75, 3.05) is 44.2 Å². The number of carbonyl (C=O) groups excluding carboxylic acids is 1. The van der Waals surface area contributed by atoms with E-state index >= 15 is 0 Å². The number of hydrogen-bond donors (Lipinski definition) is 1. The topological polar surface area (TPSA) is 44.8 Å². The Bertz CT molecular complexity index is 764. The molecule has 0 bridgehead atoms. The lowest BCUT2D eigenvalue weighted by Crippen LogP contribution is -2.46. The first-order valence-electron chi connectivity index (χ1n) is 10.4. The smallest absolute Gasteiger partial charge is 0.387 e. The van der Waals surface area contributed by atoms with Gasteiger partial charge >= 0.3 is 6.61 Å². The van der Waals surface area contributed by atoms with Gasteiger partial charge in [-0.15, -0.1) is 0 Å². The van der Waals surface area contributed by atoms with E-state index < -0.39 is 6.61 Å². The lowest BCUT2D eigenvalue weighted by molar-refractivity contribution is -0.120. The highest BCUT2D eigenvalue weighted by atomic mass is 19.3. The second-order valence-electron chi connectivity index (χ2n) is 7.42. The van der Waals surface area contributed by atoms with Crippen molar-refractivity contribution in [1.82, 2.24) is 10.2 Å². The number of nitrogens with one attached hydrogen (secondary N) is 1. The first kappa shape index (κ1) is 22.0. The Morgan fingerprint density at radius 3 is 2.33 bits per heavy atom. The molecule has 1 N–H and O–H groups in total. The Labute approximate surface area is 176 Å². The van der Waals surface area contributed by atoms with Gasteiger partial charge < -0.3 is 15.0 Å². The van der Waals surface area contributed by atoms with Gasteiger partial charge in [0, 0.05) is 38.4 Å². The zero-order valence-electron chi connectivity index (χ0n) is 17.1. The molecule has 1 fully saturated rings. The van der Waals surface area contributed by atoms with E-state index in [4.69, 9.17) is 0 Å². The van der Waals surface area contributed by atoms with E-state index in [1.165, 1.54) is 17.8 Å². The fourth-order valence-corrected chi connectivity index (χ4v) is 3.59. The fourth-order valence-electron chi connectivity index (χ4n) is 3.59. The molecule has 0 spiro atoms. The summed E-state index contributed by atoms with van der Waals surface area (Å²) in [6, 6.07) is 16.7. The van der Waals surface area contributed by atoms with Gasteiger partial charge in [-0.25, -0.2) is 0 Å². The summed E-state index contributed by atoms with van der Waals surface area (Å²) in [5.41, 5.74) is 2.06. The minimum absolute atomic E-state index is 0.0611. The summed E-state index contributed by atoms with van der Waals surface area (Å²) in [4.78, 5) is 16.9. The molecular formula is C23H29F2N3O2. The first-order chi connectivity index (χ1) is 14.6. The molecule has 0 aliphatic carbocycles. The van der Waals surface area contributed by atoms with Crippen LogP contribution < -0.4 is 15.0 Å². The van der Waals surface area contributed by atoms with Crippen LogP contribution in [0.25, 0.3) is 0 Å². The van der Waals surface area contributed by atoms with Crippen molar-refractivity contribution in [1.29, 1.82) is 0 Å². The number of para-hydroxylation sites is 1. The van der Waals surface area contributed by atoms with Gasteiger partial charge in [-0.1, -0.05) is 30.3 Å². The van der Waals surface area contributed by atoms with Gasteiger partial charge in [0.25, 0.3) is 0 Å². The Morgan fingerprint density at radius 1 is 0.967 bits per heavy atom. The van der Waals surface area contributed by atoms with Gasteiger partial charge in [0.1, 0.15) is 5.75 Å². The number of halogens is 2. The highest BCUT2D eigenvalue weighted by Gasteiger charge is 2.16. The number of piperazine rings is 1. The van der Waals surface area contributed by atoms with Crippen LogP contribution in [0.4, 0.5) is 14.5 Å². The number of nitrogens with zero attached hydrogens (tertiary/aromatic N) is 2. The van der Waals surface area contributed by atoms with Crippen LogP contribution in [0, 0.1) is 0 Å². The first-order valence-corrected chi connectivity index (χ1v) is 10.4. The Balaban J connectivity index is 1.25. The van der Waals surface area contributed by atoms with Crippen LogP contribution in [0.15, 0.2) is 54.6 Å². The van der Waals surface area contributed by atoms with Crippen LogP contribution in [0.2, 0.25) is 0 Å². The lowest BCUT2D eigenvalue weighted by atomic mass is 10.1. The molecule has 5 nitrogen and oxygen atoms in total. The SMILES string of the molecule is O=C(Cc1ccc(OC(F)F)cc1)NCCCCN1CCN(c2ccccc2)CC1. The van der Waals surface area contributed by atoms with Gasteiger partial charge in [-0.05, 0) is 49.2 Å². The van der Waals surface area contributed by atoms with Crippen molar-refractivity contribution in [3.8, 4) is 5.75 Å². The van der Waals surface area contributed by atoms with E-state index in [9.17, 15) is 13.6 Å². The predicted molar refractivity (Wildman–Crippen MR) is 114 cm³/mol. The third-order valence-electron chi connectivity index (χ3n) is 5.23. The Hall–Kier alpha value is -2.67. The summed E-state index contributed by atoms with van der Waals surface area (Å²) in [6.07, 6.45) is 2.22. The van der Waals surface area contributed by atoms with Crippen molar-refractivity contribution in [3.05, 3.63) is 60.2 Å². The second kappa shape index (κ2) is 11.5. The molecule has 1 amide bonds. The number of amides is 1. The monoisotopic (exact) mass is 417 g/mol. The molecule has 3 rings (SSSR count). The van der Waals surface area contributed by atoms with Crippen molar-refractivity contribution in [3.63, 3.8) is 0 Å². The van der Waals surface area contributed by atoms with Crippen LogP contribution in [0.1, 0.15) is 18.4 Å². The van der Waals surface area contributed by atoms with E-state index in [0.717, 1.165) is 51.1 Å². The molecule has 30 heavy (non-hydrogen) atoms. The molecule has 2 aromatic rings. The maximum atomic E-state index is 12.1. The molecule has 7 heteroatoms. The van der Waals surface area contributed by atoms with E-state index in [0.29, 0.717) is 6.54 Å². The van der Waals surface area contributed by atoms with Gasteiger partial charge in [0.05, 0.1) is 6.42 Å². The average molecular weight is 418 g/mol. The molecule has 0 atom stereocenters. The van der Waals surface area contributed by atoms with Crippen molar-refractivity contribution in [2.45, 2.75) is 25.9 Å². The zero-order valence-corrected chi connectivity index (χ0v) is 17.1. The van der Waals surface area contributed by atoms with Gasteiger partial charge in [-0.2, -0.15) is 8.78 Å². The minimum Gasteiger partial charge on any atom is -0.435 e. The van der Waals surface area contributed by atoms with Crippen LogP contribution in [0.3, 0.4) is 0 Å².